The van der Waals surface area contributed by atoms with Crippen molar-refractivity contribution in [2.75, 3.05) is 31.1 Å². The van der Waals surface area contributed by atoms with Gasteiger partial charge in [0.25, 0.3) is 0 Å². The average molecular weight is 437 g/mol. The minimum atomic E-state index is -5.08. The molecular weight excluding hydrogens is 411 g/mol. The van der Waals surface area contributed by atoms with Gasteiger partial charge in [-0.3, -0.25) is 9.88 Å². The molecule has 4 rings (SSSR count). The van der Waals surface area contributed by atoms with E-state index in [9.17, 15) is 13.2 Å². The van der Waals surface area contributed by atoms with Crippen LogP contribution in [0.25, 0.3) is 0 Å². The Morgan fingerprint density at radius 2 is 1.77 bits per heavy atom. The van der Waals surface area contributed by atoms with Crippen molar-refractivity contribution in [1.29, 1.82) is 0 Å². The van der Waals surface area contributed by atoms with Crippen LogP contribution >= 0.6 is 0 Å². The normalized spacial score (nSPS) is 16.8. The van der Waals surface area contributed by atoms with Gasteiger partial charge in [-0.05, 0) is 38.3 Å². The van der Waals surface area contributed by atoms with Crippen molar-refractivity contribution in [2.45, 2.75) is 45.3 Å². The van der Waals surface area contributed by atoms with E-state index in [1.54, 1.807) is 6.33 Å². The van der Waals surface area contributed by atoms with Crippen LogP contribution < -0.4 is 4.90 Å². The Morgan fingerprint density at radius 1 is 1.10 bits per heavy atom. The number of rotatable bonds is 3. The van der Waals surface area contributed by atoms with Crippen LogP contribution in [0, 0.1) is 6.92 Å². The van der Waals surface area contributed by atoms with Crippen molar-refractivity contribution < 1.29 is 23.1 Å². The van der Waals surface area contributed by atoms with Gasteiger partial charge in [-0.15, -0.1) is 0 Å². The SMILES string of the molecule is Cc1cccc(CN2CCc3ncnc(N4CCCC4)c3CC2)n1.O=C(O)C(F)(F)F. The molecule has 0 atom stereocenters. The summed E-state index contributed by atoms with van der Waals surface area (Å²) in [6, 6.07) is 6.28. The summed E-state index contributed by atoms with van der Waals surface area (Å²) in [4.78, 5) is 27.7. The fraction of sp³-hybridized carbons (Fsp3) is 0.524. The van der Waals surface area contributed by atoms with Gasteiger partial charge in [0.1, 0.15) is 12.1 Å². The monoisotopic (exact) mass is 437 g/mol. The van der Waals surface area contributed by atoms with Crippen LogP contribution in [-0.2, 0) is 24.2 Å². The Hall–Kier alpha value is -2.75. The van der Waals surface area contributed by atoms with Gasteiger partial charge < -0.3 is 10.0 Å². The summed E-state index contributed by atoms with van der Waals surface area (Å²) in [6.07, 6.45) is 1.27. The van der Waals surface area contributed by atoms with E-state index in [0.717, 1.165) is 57.0 Å². The molecule has 0 bridgehead atoms. The molecule has 2 aliphatic heterocycles. The lowest BCUT2D eigenvalue weighted by molar-refractivity contribution is -0.192. The molecule has 0 saturated carbocycles. The standard InChI is InChI=1S/C19H25N5.C2HF3O2/c1-15-5-4-6-16(22-15)13-23-11-7-17-18(8-12-23)20-14-21-19(17)24-9-2-3-10-24;3-2(4,5)1(6)7/h4-6,14H,2-3,7-13H2,1H3;(H,6,7). The largest absolute Gasteiger partial charge is 0.490 e. The minimum Gasteiger partial charge on any atom is -0.475 e. The maximum atomic E-state index is 10.6. The number of aryl methyl sites for hydroxylation is 1. The number of hydrogen-bond donors (Lipinski definition) is 1. The van der Waals surface area contributed by atoms with Gasteiger partial charge >= 0.3 is 12.1 Å². The Morgan fingerprint density at radius 3 is 2.42 bits per heavy atom. The number of hydrogen-bond acceptors (Lipinski definition) is 6. The second-order valence-electron chi connectivity index (χ2n) is 7.67. The number of carboxylic acid groups (broad SMARTS) is 1. The first-order valence-electron chi connectivity index (χ1n) is 10.3. The van der Waals surface area contributed by atoms with E-state index in [2.05, 4.69) is 49.9 Å². The number of alkyl halides is 3. The van der Waals surface area contributed by atoms with Gasteiger partial charge in [-0.2, -0.15) is 13.2 Å². The van der Waals surface area contributed by atoms with E-state index in [0.29, 0.717) is 0 Å². The van der Waals surface area contributed by atoms with Gasteiger partial charge in [0.05, 0.1) is 11.4 Å². The highest BCUT2D eigenvalue weighted by Crippen LogP contribution is 2.26. The van der Waals surface area contributed by atoms with Crippen LogP contribution in [0.4, 0.5) is 19.0 Å². The van der Waals surface area contributed by atoms with Gasteiger partial charge in [0.2, 0.25) is 0 Å². The molecule has 1 saturated heterocycles. The number of aliphatic carboxylic acids is 1. The summed E-state index contributed by atoms with van der Waals surface area (Å²) in [5.74, 6) is -1.57. The van der Waals surface area contributed by atoms with E-state index in [1.165, 1.54) is 29.9 Å². The van der Waals surface area contributed by atoms with Crippen LogP contribution in [0.2, 0.25) is 0 Å². The molecule has 1 N–H and O–H groups in total. The molecular formula is C21H26F3N5O2. The fourth-order valence-electron chi connectivity index (χ4n) is 3.83. The molecule has 0 spiro atoms. The van der Waals surface area contributed by atoms with E-state index in [-0.39, 0.29) is 0 Å². The van der Waals surface area contributed by atoms with Gasteiger partial charge in [-0.1, -0.05) is 6.07 Å². The van der Waals surface area contributed by atoms with E-state index in [1.807, 2.05) is 0 Å². The lowest BCUT2D eigenvalue weighted by Crippen LogP contribution is -2.26. The second-order valence-corrected chi connectivity index (χ2v) is 7.67. The summed E-state index contributed by atoms with van der Waals surface area (Å²) in [6.45, 7) is 7.35. The van der Waals surface area contributed by atoms with E-state index >= 15 is 0 Å². The fourth-order valence-corrected chi connectivity index (χ4v) is 3.83. The van der Waals surface area contributed by atoms with Gasteiger partial charge in [0, 0.05) is 50.4 Å². The summed E-state index contributed by atoms with van der Waals surface area (Å²) < 4.78 is 31.7. The summed E-state index contributed by atoms with van der Waals surface area (Å²) in [5.41, 5.74) is 4.87. The molecule has 1 fully saturated rings. The molecule has 4 heterocycles. The van der Waals surface area contributed by atoms with Gasteiger partial charge in [-0.25, -0.2) is 14.8 Å². The van der Waals surface area contributed by atoms with E-state index in [4.69, 9.17) is 9.90 Å². The van der Waals surface area contributed by atoms with Crippen molar-refractivity contribution in [1.82, 2.24) is 19.9 Å². The molecule has 0 aromatic carbocycles. The first kappa shape index (κ1) is 22.9. The van der Waals surface area contributed by atoms with Crippen LogP contribution in [0.1, 0.15) is 35.5 Å². The number of nitrogens with zero attached hydrogens (tertiary/aromatic N) is 5. The minimum absolute atomic E-state index is 0.919. The molecule has 31 heavy (non-hydrogen) atoms. The molecule has 2 aromatic rings. The highest BCUT2D eigenvalue weighted by atomic mass is 19.4. The maximum absolute atomic E-state index is 10.6. The highest BCUT2D eigenvalue weighted by molar-refractivity contribution is 5.73. The predicted molar refractivity (Wildman–Crippen MR) is 109 cm³/mol. The third kappa shape index (κ3) is 6.36. The molecule has 10 heteroatoms. The molecule has 0 radical (unpaired) electrons. The number of halogens is 3. The molecule has 168 valence electrons. The zero-order valence-corrected chi connectivity index (χ0v) is 17.4. The predicted octanol–water partition coefficient (Wildman–Crippen LogP) is 3.01. The van der Waals surface area contributed by atoms with E-state index < -0.39 is 12.1 Å². The third-order valence-corrected chi connectivity index (χ3v) is 5.33. The van der Waals surface area contributed by atoms with Crippen molar-refractivity contribution in [3.63, 3.8) is 0 Å². The zero-order valence-electron chi connectivity index (χ0n) is 17.4. The van der Waals surface area contributed by atoms with Crippen molar-refractivity contribution in [3.05, 3.63) is 47.2 Å². The Labute approximate surface area is 178 Å². The average Bonchev–Trinajstić information content (AvgIpc) is 3.17. The summed E-state index contributed by atoms with van der Waals surface area (Å²) in [5, 5.41) is 7.12. The topological polar surface area (TPSA) is 82.5 Å². The number of fused-ring (bicyclic) bond motifs is 1. The maximum Gasteiger partial charge on any atom is 0.490 e. The quantitative estimate of drug-likeness (QED) is 0.790. The first-order valence-corrected chi connectivity index (χ1v) is 10.3. The number of pyridine rings is 1. The Bertz CT molecular complexity index is 901. The summed E-state index contributed by atoms with van der Waals surface area (Å²) >= 11 is 0. The molecule has 7 nitrogen and oxygen atoms in total. The van der Waals surface area contributed by atoms with Crippen LogP contribution in [0.5, 0.6) is 0 Å². The second kappa shape index (κ2) is 10.0. The number of carbonyl (C=O) groups is 1. The van der Waals surface area contributed by atoms with Crippen LogP contribution in [-0.4, -0.2) is 63.3 Å². The zero-order chi connectivity index (χ0) is 22.4. The summed E-state index contributed by atoms with van der Waals surface area (Å²) in [7, 11) is 0. The van der Waals surface area contributed by atoms with Crippen molar-refractivity contribution in [2.24, 2.45) is 0 Å². The van der Waals surface area contributed by atoms with Crippen LogP contribution in [0.15, 0.2) is 24.5 Å². The molecule has 0 unspecified atom stereocenters. The molecule has 2 aliphatic rings. The first-order chi connectivity index (χ1) is 14.7. The Kier molecular flexibility index (Phi) is 7.42. The Balaban J connectivity index is 0.000000339. The lowest BCUT2D eigenvalue weighted by atomic mass is 10.1. The van der Waals surface area contributed by atoms with Crippen molar-refractivity contribution in [3.8, 4) is 0 Å². The number of anilines is 1. The molecule has 0 aliphatic carbocycles. The molecule has 0 amide bonds. The molecule has 2 aromatic heterocycles. The van der Waals surface area contributed by atoms with Crippen molar-refractivity contribution >= 4 is 11.8 Å². The number of aromatic nitrogens is 3. The van der Waals surface area contributed by atoms with Crippen LogP contribution in [0.3, 0.4) is 0 Å². The highest BCUT2D eigenvalue weighted by Gasteiger charge is 2.38. The smallest absolute Gasteiger partial charge is 0.475 e. The van der Waals surface area contributed by atoms with Gasteiger partial charge in [0.15, 0.2) is 0 Å². The third-order valence-electron chi connectivity index (χ3n) is 5.33. The lowest BCUT2D eigenvalue weighted by Gasteiger charge is -2.21. The number of carboxylic acids is 1.